The van der Waals surface area contributed by atoms with Crippen LogP contribution >= 0.6 is 11.6 Å². The van der Waals surface area contributed by atoms with Gasteiger partial charge in [0.25, 0.3) is 0 Å². The van der Waals surface area contributed by atoms with Crippen LogP contribution in [0, 0.1) is 0 Å². The van der Waals surface area contributed by atoms with Crippen molar-refractivity contribution in [3.8, 4) is 5.75 Å². The number of phenolic OH excluding ortho intramolecular Hbond substituents is 1. The van der Waals surface area contributed by atoms with Gasteiger partial charge >= 0.3 is 5.97 Å². The van der Waals surface area contributed by atoms with E-state index >= 15 is 0 Å². The third kappa shape index (κ3) is 1.72. The predicted molar refractivity (Wildman–Crippen MR) is 58.6 cm³/mol. The molecule has 0 saturated carbocycles. The Labute approximate surface area is 96.4 Å². The molecule has 0 amide bonds. The Balaban J connectivity index is 2.50. The number of furan rings is 1. The van der Waals surface area contributed by atoms with Crippen molar-refractivity contribution in [1.82, 2.24) is 0 Å². The normalized spacial score (nSPS) is 10.6. The van der Waals surface area contributed by atoms with Crippen molar-refractivity contribution >= 4 is 28.5 Å². The molecule has 0 saturated heterocycles. The number of rotatable bonds is 2. The minimum absolute atomic E-state index is 0.0480. The van der Waals surface area contributed by atoms with Gasteiger partial charge in [-0.2, -0.15) is 0 Å². The average Bonchev–Trinajstić information content (AvgIpc) is 2.67. The minimum atomic E-state index is -0.355. The molecule has 4 nitrogen and oxygen atoms in total. The molecular formula is C11H9ClO4. The molecule has 1 heterocycles. The van der Waals surface area contributed by atoms with Gasteiger partial charge in [-0.05, 0) is 12.1 Å². The standard InChI is InChI=1S/C11H9ClO4/c1-15-9(14)4-6-5-16-11-7(6)2-3-8(13)10(11)12/h2-3,5,13H,4H2,1H3. The van der Waals surface area contributed by atoms with Crippen molar-refractivity contribution in [2.24, 2.45) is 0 Å². The molecule has 2 aromatic rings. The topological polar surface area (TPSA) is 59.7 Å². The van der Waals surface area contributed by atoms with E-state index in [0.717, 1.165) is 0 Å². The fraction of sp³-hybridized carbons (Fsp3) is 0.182. The van der Waals surface area contributed by atoms with Crippen molar-refractivity contribution in [3.63, 3.8) is 0 Å². The van der Waals surface area contributed by atoms with E-state index in [1.54, 1.807) is 6.07 Å². The lowest BCUT2D eigenvalue weighted by molar-refractivity contribution is -0.139. The number of hydrogen-bond acceptors (Lipinski definition) is 4. The Hall–Kier alpha value is -1.68. The highest BCUT2D eigenvalue weighted by molar-refractivity contribution is 6.36. The molecule has 0 spiro atoms. The predicted octanol–water partition coefficient (Wildman–Crippen LogP) is 2.51. The molecule has 0 aliphatic rings. The van der Waals surface area contributed by atoms with E-state index in [1.165, 1.54) is 19.4 Å². The van der Waals surface area contributed by atoms with Gasteiger partial charge in [0.05, 0.1) is 19.8 Å². The van der Waals surface area contributed by atoms with Gasteiger partial charge in [0, 0.05) is 10.9 Å². The first-order valence-electron chi connectivity index (χ1n) is 4.58. The van der Waals surface area contributed by atoms with Crippen molar-refractivity contribution in [1.29, 1.82) is 0 Å². The summed E-state index contributed by atoms with van der Waals surface area (Å²) in [5.41, 5.74) is 1.06. The maximum atomic E-state index is 11.1. The Bertz CT molecular complexity index is 544. The van der Waals surface area contributed by atoms with Crippen LogP contribution in [0.25, 0.3) is 11.0 Å². The quantitative estimate of drug-likeness (QED) is 0.820. The highest BCUT2D eigenvalue weighted by atomic mass is 35.5. The van der Waals surface area contributed by atoms with Crippen LogP contribution in [0.5, 0.6) is 5.75 Å². The number of phenols is 1. The molecule has 5 heteroatoms. The van der Waals surface area contributed by atoms with Crippen LogP contribution in [0.15, 0.2) is 22.8 Å². The molecule has 0 atom stereocenters. The van der Waals surface area contributed by atoms with E-state index in [9.17, 15) is 9.90 Å². The van der Waals surface area contributed by atoms with Crippen LogP contribution in [0.4, 0.5) is 0 Å². The van der Waals surface area contributed by atoms with E-state index in [2.05, 4.69) is 4.74 Å². The molecular weight excluding hydrogens is 232 g/mol. The number of ether oxygens (including phenoxy) is 1. The molecule has 0 radical (unpaired) electrons. The maximum absolute atomic E-state index is 11.1. The number of hydrogen-bond donors (Lipinski definition) is 1. The highest BCUT2D eigenvalue weighted by Crippen LogP contribution is 2.34. The molecule has 84 valence electrons. The Morgan fingerprint density at radius 1 is 1.56 bits per heavy atom. The minimum Gasteiger partial charge on any atom is -0.506 e. The molecule has 1 N–H and O–H groups in total. The summed E-state index contributed by atoms with van der Waals surface area (Å²) in [6.07, 6.45) is 1.55. The van der Waals surface area contributed by atoms with Crippen molar-refractivity contribution < 1.29 is 19.1 Å². The second kappa shape index (κ2) is 4.06. The molecule has 0 fully saturated rings. The lowest BCUT2D eigenvalue weighted by Crippen LogP contribution is -2.03. The number of methoxy groups -OCH3 is 1. The lowest BCUT2D eigenvalue weighted by atomic mass is 10.1. The van der Waals surface area contributed by atoms with Crippen molar-refractivity contribution in [2.45, 2.75) is 6.42 Å². The second-order valence-electron chi connectivity index (χ2n) is 3.29. The molecule has 1 aromatic carbocycles. The summed E-state index contributed by atoms with van der Waals surface area (Å²) >= 11 is 5.85. The van der Waals surface area contributed by atoms with E-state index < -0.39 is 0 Å². The fourth-order valence-corrected chi connectivity index (χ4v) is 1.68. The molecule has 0 aliphatic heterocycles. The zero-order valence-electron chi connectivity index (χ0n) is 8.49. The molecule has 0 aliphatic carbocycles. The molecule has 1 aromatic heterocycles. The maximum Gasteiger partial charge on any atom is 0.310 e. The summed E-state index contributed by atoms with van der Waals surface area (Å²) < 4.78 is 9.77. The van der Waals surface area contributed by atoms with E-state index in [4.69, 9.17) is 16.0 Å². The Morgan fingerprint density at radius 2 is 2.31 bits per heavy atom. The van der Waals surface area contributed by atoms with Gasteiger partial charge in [-0.15, -0.1) is 0 Å². The number of aromatic hydroxyl groups is 1. The third-order valence-electron chi connectivity index (χ3n) is 2.30. The summed E-state index contributed by atoms with van der Waals surface area (Å²) in [5.74, 6) is -0.403. The number of carbonyl (C=O) groups is 1. The summed E-state index contributed by atoms with van der Waals surface area (Å²) in [6, 6.07) is 3.11. The lowest BCUT2D eigenvalue weighted by Gasteiger charge is -1.98. The summed E-state index contributed by atoms with van der Waals surface area (Å²) in [5, 5.41) is 10.2. The van der Waals surface area contributed by atoms with Gasteiger partial charge < -0.3 is 14.3 Å². The Kier molecular flexibility index (Phi) is 2.75. The zero-order chi connectivity index (χ0) is 11.7. The van der Waals surface area contributed by atoms with E-state index in [1.807, 2.05) is 0 Å². The van der Waals surface area contributed by atoms with Gasteiger partial charge in [0.2, 0.25) is 0 Å². The smallest absolute Gasteiger partial charge is 0.310 e. The van der Waals surface area contributed by atoms with Crippen LogP contribution in [0.3, 0.4) is 0 Å². The third-order valence-corrected chi connectivity index (χ3v) is 2.67. The fourth-order valence-electron chi connectivity index (χ4n) is 1.47. The first-order chi connectivity index (χ1) is 7.63. The Morgan fingerprint density at radius 3 is 3.00 bits per heavy atom. The van der Waals surface area contributed by atoms with E-state index in [0.29, 0.717) is 16.5 Å². The zero-order valence-corrected chi connectivity index (χ0v) is 9.25. The summed E-state index contributed by atoms with van der Waals surface area (Å²) in [4.78, 5) is 11.1. The van der Waals surface area contributed by atoms with E-state index in [-0.39, 0.29) is 23.2 Å². The van der Waals surface area contributed by atoms with Crippen LogP contribution in [-0.2, 0) is 16.0 Å². The number of benzene rings is 1. The average molecular weight is 241 g/mol. The largest absolute Gasteiger partial charge is 0.506 e. The highest BCUT2D eigenvalue weighted by Gasteiger charge is 2.14. The van der Waals surface area contributed by atoms with Gasteiger partial charge in [0.15, 0.2) is 5.58 Å². The molecule has 0 unspecified atom stereocenters. The number of carbonyl (C=O) groups excluding carboxylic acids is 1. The van der Waals surface area contributed by atoms with Crippen LogP contribution in [0.1, 0.15) is 5.56 Å². The monoisotopic (exact) mass is 240 g/mol. The molecule has 2 rings (SSSR count). The van der Waals surface area contributed by atoms with Crippen LogP contribution in [0.2, 0.25) is 5.02 Å². The second-order valence-corrected chi connectivity index (χ2v) is 3.67. The summed E-state index contributed by atoms with van der Waals surface area (Å²) in [7, 11) is 1.32. The van der Waals surface area contributed by atoms with Crippen molar-refractivity contribution in [3.05, 3.63) is 29.0 Å². The van der Waals surface area contributed by atoms with Crippen LogP contribution < -0.4 is 0 Å². The van der Waals surface area contributed by atoms with Gasteiger partial charge in [-0.1, -0.05) is 11.6 Å². The number of halogens is 1. The first-order valence-corrected chi connectivity index (χ1v) is 4.95. The first kappa shape index (κ1) is 10.8. The van der Waals surface area contributed by atoms with Crippen LogP contribution in [-0.4, -0.2) is 18.2 Å². The number of fused-ring (bicyclic) bond motifs is 1. The molecule has 0 bridgehead atoms. The summed E-state index contributed by atoms with van der Waals surface area (Å²) in [6.45, 7) is 0. The van der Waals surface area contributed by atoms with Crippen molar-refractivity contribution in [2.75, 3.05) is 7.11 Å². The number of esters is 1. The van der Waals surface area contributed by atoms with Gasteiger partial charge in [0.1, 0.15) is 10.8 Å². The van der Waals surface area contributed by atoms with Gasteiger partial charge in [-0.25, -0.2) is 0 Å². The SMILES string of the molecule is COC(=O)Cc1coc2c(Cl)c(O)ccc12. The molecule has 16 heavy (non-hydrogen) atoms. The van der Waals surface area contributed by atoms with Gasteiger partial charge in [-0.3, -0.25) is 4.79 Å².